The van der Waals surface area contributed by atoms with Gasteiger partial charge in [-0.05, 0) is 32.6 Å². The Morgan fingerprint density at radius 2 is 2.16 bits per heavy atom. The molecule has 106 valence electrons. The fraction of sp³-hybridized carbons (Fsp3) is 0.769. The lowest BCUT2D eigenvalue weighted by Gasteiger charge is -2.30. The van der Waals surface area contributed by atoms with Crippen LogP contribution in [0.2, 0.25) is 0 Å². The molecule has 1 heterocycles. The fourth-order valence-electron chi connectivity index (χ4n) is 2.36. The molecule has 1 aromatic heterocycles. The van der Waals surface area contributed by atoms with Crippen molar-refractivity contribution in [3.05, 3.63) is 5.01 Å². The van der Waals surface area contributed by atoms with Crippen LogP contribution in [-0.2, 0) is 4.79 Å². The van der Waals surface area contributed by atoms with Crippen molar-refractivity contribution in [2.24, 2.45) is 5.92 Å². The summed E-state index contributed by atoms with van der Waals surface area (Å²) in [5.41, 5.74) is 0. The minimum atomic E-state index is -0.110. The van der Waals surface area contributed by atoms with E-state index < -0.39 is 0 Å². The van der Waals surface area contributed by atoms with Crippen LogP contribution < -0.4 is 5.32 Å². The first kappa shape index (κ1) is 14.8. The minimum absolute atomic E-state index is 0.110. The second kappa shape index (κ2) is 6.70. The van der Waals surface area contributed by atoms with Gasteiger partial charge in [0.25, 0.3) is 0 Å². The van der Waals surface area contributed by atoms with Crippen LogP contribution in [0.1, 0.15) is 44.5 Å². The maximum atomic E-state index is 12.2. The molecular weight excluding hydrogens is 278 g/mol. The van der Waals surface area contributed by atoms with E-state index in [0.717, 1.165) is 15.8 Å². The summed E-state index contributed by atoms with van der Waals surface area (Å²) in [7, 11) is 0. The third-order valence-electron chi connectivity index (χ3n) is 3.59. The Morgan fingerprint density at radius 3 is 2.79 bits per heavy atom. The van der Waals surface area contributed by atoms with Gasteiger partial charge in [-0.25, -0.2) is 0 Å². The van der Waals surface area contributed by atoms with Crippen molar-refractivity contribution >= 4 is 29.0 Å². The van der Waals surface area contributed by atoms with Crippen LogP contribution in [0, 0.1) is 12.8 Å². The van der Waals surface area contributed by atoms with E-state index >= 15 is 0 Å². The summed E-state index contributed by atoms with van der Waals surface area (Å²) >= 11 is 3.04. The number of rotatable bonds is 4. The second-order valence-electron chi connectivity index (χ2n) is 5.22. The molecule has 19 heavy (non-hydrogen) atoms. The number of carbonyl (C=O) groups excluding carboxylic acids is 1. The standard InChI is InChI=1S/C13H21N3OS2/c1-8-6-4-5-7-11(8)14-12(17)9(2)18-13-16-15-10(3)19-13/h8-9,11H,4-7H2,1-3H3,(H,14,17)/t8-,9-,11+/m1/s1. The largest absolute Gasteiger partial charge is 0.352 e. The van der Waals surface area contributed by atoms with Crippen LogP contribution in [0.4, 0.5) is 0 Å². The van der Waals surface area contributed by atoms with E-state index in [1.807, 2.05) is 13.8 Å². The van der Waals surface area contributed by atoms with Gasteiger partial charge in [0, 0.05) is 6.04 Å². The summed E-state index contributed by atoms with van der Waals surface area (Å²) in [5, 5.41) is 12.0. The molecule has 0 saturated heterocycles. The number of amides is 1. The van der Waals surface area contributed by atoms with E-state index in [2.05, 4.69) is 22.4 Å². The molecule has 0 bridgehead atoms. The van der Waals surface area contributed by atoms with Gasteiger partial charge in [-0.2, -0.15) is 0 Å². The van der Waals surface area contributed by atoms with E-state index in [1.165, 1.54) is 31.0 Å². The normalized spacial score (nSPS) is 25.0. The molecule has 4 nitrogen and oxygen atoms in total. The Kier molecular flexibility index (Phi) is 5.21. The predicted molar refractivity (Wildman–Crippen MR) is 79.5 cm³/mol. The molecule has 6 heteroatoms. The molecule has 1 N–H and O–H groups in total. The van der Waals surface area contributed by atoms with Gasteiger partial charge in [0.2, 0.25) is 5.91 Å². The number of hydrogen-bond donors (Lipinski definition) is 1. The number of hydrogen-bond acceptors (Lipinski definition) is 5. The van der Waals surface area contributed by atoms with Gasteiger partial charge in [0.05, 0.1) is 5.25 Å². The van der Waals surface area contributed by atoms with Gasteiger partial charge >= 0.3 is 0 Å². The quantitative estimate of drug-likeness (QED) is 0.868. The van der Waals surface area contributed by atoms with Crippen molar-refractivity contribution in [1.82, 2.24) is 15.5 Å². The maximum Gasteiger partial charge on any atom is 0.233 e. The maximum absolute atomic E-state index is 12.2. The topological polar surface area (TPSA) is 54.9 Å². The van der Waals surface area contributed by atoms with Crippen LogP contribution in [0.25, 0.3) is 0 Å². The highest BCUT2D eigenvalue weighted by atomic mass is 32.2. The first-order valence-corrected chi connectivity index (χ1v) is 8.53. The lowest BCUT2D eigenvalue weighted by molar-refractivity contribution is -0.121. The van der Waals surface area contributed by atoms with Gasteiger partial charge < -0.3 is 5.32 Å². The monoisotopic (exact) mass is 299 g/mol. The van der Waals surface area contributed by atoms with Crippen LogP contribution in [0.5, 0.6) is 0 Å². The zero-order valence-corrected chi connectivity index (χ0v) is 13.3. The van der Waals surface area contributed by atoms with Crippen LogP contribution in [0.3, 0.4) is 0 Å². The van der Waals surface area contributed by atoms with Gasteiger partial charge in [0.1, 0.15) is 5.01 Å². The van der Waals surface area contributed by atoms with E-state index in [-0.39, 0.29) is 11.2 Å². The highest BCUT2D eigenvalue weighted by Gasteiger charge is 2.25. The lowest BCUT2D eigenvalue weighted by atomic mass is 9.86. The highest BCUT2D eigenvalue weighted by Crippen LogP contribution is 2.28. The number of nitrogens with one attached hydrogen (secondary N) is 1. The minimum Gasteiger partial charge on any atom is -0.352 e. The Morgan fingerprint density at radius 1 is 1.42 bits per heavy atom. The first-order chi connectivity index (χ1) is 9.06. The van der Waals surface area contributed by atoms with Crippen molar-refractivity contribution < 1.29 is 4.79 Å². The van der Waals surface area contributed by atoms with Crippen LogP contribution >= 0.6 is 23.1 Å². The molecule has 1 saturated carbocycles. The number of aromatic nitrogens is 2. The van der Waals surface area contributed by atoms with E-state index in [0.29, 0.717) is 12.0 Å². The zero-order chi connectivity index (χ0) is 13.8. The Balaban J connectivity index is 1.85. The smallest absolute Gasteiger partial charge is 0.233 e. The van der Waals surface area contributed by atoms with Crippen molar-refractivity contribution in [2.45, 2.75) is 62.1 Å². The summed E-state index contributed by atoms with van der Waals surface area (Å²) in [6.45, 7) is 6.09. The molecule has 1 aliphatic rings. The third-order valence-corrected chi connectivity index (χ3v) is 5.62. The Labute approximate surface area is 122 Å². The summed E-state index contributed by atoms with van der Waals surface area (Å²) in [6.07, 6.45) is 4.86. The molecule has 1 amide bonds. The summed E-state index contributed by atoms with van der Waals surface area (Å²) in [4.78, 5) is 12.2. The van der Waals surface area contributed by atoms with Gasteiger partial charge in [0.15, 0.2) is 4.34 Å². The van der Waals surface area contributed by atoms with Crippen molar-refractivity contribution in [1.29, 1.82) is 0 Å². The fourth-order valence-corrected chi connectivity index (χ4v) is 4.33. The summed E-state index contributed by atoms with van der Waals surface area (Å²) in [5.74, 6) is 0.718. The summed E-state index contributed by atoms with van der Waals surface area (Å²) in [6, 6.07) is 0.348. The Hall–Kier alpha value is -0.620. The molecular formula is C13H21N3OS2. The van der Waals surface area contributed by atoms with Gasteiger partial charge in [-0.15, -0.1) is 10.2 Å². The molecule has 0 aromatic carbocycles. The number of aryl methyl sites for hydroxylation is 1. The van der Waals surface area contributed by atoms with Gasteiger partial charge in [-0.3, -0.25) is 4.79 Å². The second-order valence-corrected chi connectivity index (χ2v) is 7.99. The summed E-state index contributed by atoms with van der Waals surface area (Å²) < 4.78 is 0.872. The Bertz CT molecular complexity index is 435. The van der Waals surface area contributed by atoms with E-state index in [9.17, 15) is 4.79 Å². The number of thioether (sulfide) groups is 1. The molecule has 0 spiro atoms. The van der Waals surface area contributed by atoms with Crippen molar-refractivity contribution in [3.8, 4) is 0 Å². The molecule has 1 aliphatic carbocycles. The molecule has 0 aliphatic heterocycles. The number of nitrogens with zero attached hydrogens (tertiary/aromatic N) is 2. The SMILES string of the molecule is Cc1nnc(S[C@H](C)C(=O)N[C@H]2CCCC[C@H]2C)s1. The lowest BCUT2D eigenvalue weighted by Crippen LogP contribution is -2.44. The predicted octanol–water partition coefficient (Wildman–Crippen LogP) is 3.02. The first-order valence-electron chi connectivity index (χ1n) is 6.83. The molecule has 1 fully saturated rings. The van der Waals surface area contributed by atoms with E-state index in [4.69, 9.17) is 0 Å². The average Bonchev–Trinajstić information content (AvgIpc) is 2.77. The van der Waals surface area contributed by atoms with Crippen molar-refractivity contribution in [3.63, 3.8) is 0 Å². The van der Waals surface area contributed by atoms with Gasteiger partial charge in [-0.1, -0.05) is 42.9 Å². The molecule has 3 atom stereocenters. The third kappa shape index (κ3) is 4.18. The highest BCUT2D eigenvalue weighted by molar-refractivity contribution is 8.02. The molecule has 0 unspecified atom stereocenters. The van der Waals surface area contributed by atoms with Crippen molar-refractivity contribution in [2.75, 3.05) is 0 Å². The van der Waals surface area contributed by atoms with Crippen LogP contribution in [0.15, 0.2) is 4.34 Å². The zero-order valence-electron chi connectivity index (χ0n) is 11.7. The molecule has 0 radical (unpaired) electrons. The van der Waals surface area contributed by atoms with Crippen LogP contribution in [-0.4, -0.2) is 27.4 Å². The molecule has 1 aromatic rings. The van der Waals surface area contributed by atoms with E-state index in [1.54, 1.807) is 11.3 Å². The molecule has 2 rings (SSSR count). The number of carbonyl (C=O) groups is 1. The average molecular weight is 299 g/mol.